The van der Waals surface area contributed by atoms with Gasteiger partial charge in [0.25, 0.3) is 0 Å². The lowest BCUT2D eigenvalue weighted by atomic mass is 9.96. The molecule has 1 aromatic heterocycles. The zero-order valence-corrected chi connectivity index (χ0v) is 6.73. The third-order valence-corrected chi connectivity index (χ3v) is 2.00. The molecule has 2 N–H and O–H groups in total. The summed E-state index contributed by atoms with van der Waals surface area (Å²) in [6.07, 6.45) is 3.87. The second-order valence-corrected chi connectivity index (χ2v) is 2.97. The normalized spacial score (nSPS) is 17.0. The predicted molar refractivity (Wildman–Crippen MR) is 44.7 cm³/mol. The quantitative estimate of drug-likeness (QED) is 0.709. The van der Waals surface area contributed by atoms with Gasteiger partial charge in [-0.05, 0) is 25.3 Å². The van der Waals surface area contributed by atoms with Crippen molar-refractivity contribution in [3.63, 3.8) is 0 Å². The van der Waals surface area contributed by atoms with E-state index in [2.05, 4.69) is 10.2 Å². The van der Waals surface area contributed by atoms with Crippen molar-refractivity contribution in [1.82, 2.24) is 10.2 Å². The molecule has 1 aliphatic rings. The first-order valence-electron chi connectivity index (χ1n) is 4.10. The summed E-state index contributed by atoms with van der Waals surface area (Å²) in [5.41, 5.74) is 5.37. The maximum Gasteiger partial charge on any atom is 0.233 e. The molecule has 0 atom stereocenters. The number of rotatable bonds is 2. The van der Waals surface area contributed by atoms with Gasteiger partial charge in [0.2, 0.25) is 5.88 Å². The number of hydrogen-bond donors (Lipinski definition) is 1. The maximum atomic E-state index is 5.48. The lowest BCUT2D eigenvalue weighted by Crippen LogP contribution is -2.25. The molecule has 2 rings (SSSR count). The molecule has 1 fully saturated rings. The molecule has 12 heavy (non-hydrogen) atoms. The van der Waals surface area contributed by atoms with Crippen LogP contribution in [0.25, 0.3) is 0 Å². The van der Waals surface area contributed by atoms with Crippen LogP contribution in [0.15, 0.2) is 12.1 Å². The van der Waals surface area contributed by atoms with E-state index in [9.17, 15) is 0 Å². The number of nitrogens with zero attached hydrogens (tertiary/aromatic N) is 2. The van der Waals surface area contributed by atoms with E-state index in [0.717, 1.165) is 12.8 Å². The summed E-state index contributed by atoms with van der Waals surface area (Å²) in [4.78, 5) is 0. The lowest BCUT2D eigenvalue weighted by molar-refractivity contribution is 0.113. The molecule has 0 radical (unpaired) electrons. The number of nitrogens with two attached hydrogens (primary N) is 1. The van der Waals surface area contributed by atoms with Crippen LogP contribution in [0, 0.1) is 0 Å². The third-order valence-electron chi connectivity index (χ3n) is 2.00. The summed E-state index contributed by atoms with van der Waals surface area (Å²) in [6.45, 7) is 0. The van der Waals surface area contributed by atoms with Crippen LogP contribution in [-0.4, -0.2) is 16.3 Å². The average Bonchev–Trinajstić information content (AvgIpc) is 2.00. The highest BCUT2D eigenvalue weighted by Gasteiger charge is 2.19. The minimum atomic E-state index is 0.350. The fourth-order valence-electron chi connectivity index (χ4n) is 1.05. The summed E-state index contributed by atoms with van der Waals surface area (Å²) in [5, 5.41) is 7.50. The molecule has 0 bridgehead atoms. The summed E-state index contributed by atoms with van der Waals surface area (Å²) in [5.74, 6) is 1.00. The Morgan fingerprint density at radius 3 is 2.67 bits per heavy atom. The van der Waals surface area contributed by atoms with Crippen LogP contribution in [0.5, 0.6) is 5.88 Å². The fraction of sp³-hybridized carbons (Fsp3) is 0.500. The summed E-state index contributed by atoms with van der Waals surface area (Å²) in [7, 11) is 0. The first kappa shape index (κ1) is 7.34. The Labute approximate surface area is 70.7 Å². The van der Waals surface area contributed by atoms with Gasteiger partial charge in [-0.15, -0.1) is 10.2 Å². The minimum absolute atomic E-state index is 0.350. The molecule has 4 nitrogen and oxygen atoms in total. The molecular weight excluding hydrogens is 154 g/mol. The van der Waals surface area contributed by atoms with E-state index in [0.29, 0.717) is 17.8 Å². The van der Waals surface area contributed by atoms with Crippen molar-refractivity contribution in [3.8, 4) is 5.88 Å². The standard InChI is InChI=1S/C8H11N3O/c9-7-4-5-8(11-10-7)12-6-2-1-3-6/h4-6H,1-3H2,(H2,9,10). The van der Waals surface area contributed by atoms with E-state index < -0.39 is 0 Å². The van der Waals surface area contributed by atoms with Gasteiger partial charge in [-0.25, -0.2) is 0 Å². The van der Waals surface area contributed by atoms with E-state index in [4.69, 9.17) is 10.5 Å². The summed E-state index contributed by atoms with van der Waals surface area (Å²) >= 11 is 0. The van der Waals surface area contributed by atoms with Crippen molar-refractivity contribution in [1.29, 1.82) is 0 Å². The first-order valence-corrected chi connectivity index (χ1v) is 4.10. The van der Waals surface area contributed by atoms with Gasteiger partial charge in [0, 0.05) is 6.07 Å². The number of aromatic nitrogens is 2. The number of anilines is 1. The van der Waals surface area contributed by atoms with Crippen LogP contribution in [0.2, 0.25) is 0 Å². The van der Waals surface area contributed by atoms with Gasteiger partial charge < -0.3 is 10.5 Å². The molecule has 0 amide bonds. The molecule has 0 aliphatic heterocycles. The van der Waals surface area contributed by atoms with E-state index in [1.807, 2.05) is 0 Å². The van der Waals surface area contributed by atoms with E-state index in [-0.39, 0.29) is 0 Å². The van der Waals surface area contributed by atoms with Gasteiger partial charge in [0.05, 0.1) is 0 Å². The van der Waals surface area contributed by atoms with Crippen molar-refractivity contribution >= 4 is 5.82 Å². The molecular formula is C8H11N3O. The second kappa shape index (κ2) is 2.97. The van der Waals surface area contributed by atoms with Gasteiger partial charge in [-0.1, -0.05) is 0 Å². The summed E-state index contributed by atoms with van der Waals surface area (Å²) < 4.78 is 5.48. The van der Waals surface area contributed by atoms with Gasteiger partial charge in [0.1, 0.15) is 11.9 Å². The zero-order chi connectivity index (χ0) is 8.39. The largest absolute Gasteiger partial charge is 0.473 e. The number of hydrogen-bond acceptors (Lipinski definition) is 4. The van der Waals surface area contributed by atoms with E-state index in [1.165, 1.54) is 6.42 Å². The SMILES string of the molecule is Nc1ccc(OC2CCC2)nn1. The summed E-state index contributed by atoms with van der Waals surface area (Å²) in [6, 6.07) is 3.45. The third kappa shape index (κ3) is 1.47. The van der Waals surface area contributed by atoms with Crippen LogP contribution in [0.1, 0.15) is 19.3 Å². The molecule has 0 aromatic carbocycles. The molecule has 0 unspecified atom stereocenters. The Morgan fingerprint density at radius 2 is 2.17 bits per heavy atom. The molecule has 0 saturated heterocycles. The Hall–Kier alpha value is -1.32. The monoisotopic (exact) mass is 165 g/mol. The van der Waals surface area contributed by atoms with Gasteiger partial charge in [-0.2, -0.15) is 0 Å². The van der Waals surface area contributed by atoms with Gasteiger partial charge >= 0.3 is 0 Å². The molecule has 1 saturated carbocycles. The molecule has 4 heteroatoms. The van der Waals surface area contributed by atoms with Crippen molar-refractivity contribution in [2.24, 2.45) is 0 Å². The van der Waals surface area contributed by atoms with Crippen molar-refractivity contribution in [3.05, 3.63) is 12.1 Å². The fourth-order valence-corrected chi connectivity index (χ4v) is 1.05. The van der Waals surface area contributed by atoms with Crippen LogP contribution >= 0.6 is 0 Å². The van der Waals surface area contributed by atoms with Gasteiger partial charge in [0.15, 0.2) is 0 Å². The Bertz CT molecular complexity index is 256. The highest BCUT2D eigenvalue weighted by Crippen LogP contribution is 2.23. The maximum absolute atomic E-state index is 5.48. The molecule has 1 aromatic rings. The molecule has 0 spiro atoms. The van der Waals surface area contributed by atoms with Crippen LogP contribution in [-0.2, 0) is 0 Å². The highest BCUT2D eigenvalue weighted by molar-refractivity contribution is 5.27. The predicted octanol–water partition coefficient (Wildman–Crippen LogP) is 0.990. The Morgan fingerprint density at radius 1 is 1.33 bits per heavy atom. The van der Waals surface area contributed by atoms with Gasteiger partial charge in [-0.3, -0.25) is 0 Å². The van der Waals surface area contributed by atoms with Crippen molar-refractivity contribution in [2.45, 2.75) is 25.4 Å². The van der Waals surface area contributed by atoms with Crippen LogP contribution in [0.4, 0.5) is 5.82 Å². The van der Waals surface area contributed by atoms with Crippen molar-refractivity contribution < 1.29 is 4.74 Å². The topological polar surface area (TPSA) is 61.0 Å². The Balaban J connectivity index is 1.98. The second-order valence-electron chi connectivity index (χ2n) is 2.97. The number of nitrogen functional groups attached to an aromatic ring is 1. The Kier molecular flexibility index (Phi) is 1.81. The minimum Gasteiger partial charge on any atom is -0.473 e. The first-order chi connectivity index (χ1) is 5.84. The molecule has 1 aliphatic carbocycles. The zero-order valence-electron chi connectivity index (χ0n) is 6.73. The van der Waals surface area contributed by atoms with Crippen LogP contribution < -0.4 is 10.5 Å². The van der Waals surface area contributed by atoms with E-state index in [1.54, 1.807) is 12.1 Å². The lowest BCUT2D eigenvalue weighted by Gasteiger charge is -2.25. The molecule has 64 valence electrons. The smallest absolute Gasteiger partial charge is 0.233 e. The molecule has 1 heterocycles. The number of ether oxygens (including phenoxy) is 1. The van der Waals surface area contributed by atoms with Crippen molar-refractivity contribution in [2.75, 3.05) is 5.73 Å². The van der Waals surface area contributed by atoms with E-state index >= 15 is 0 Å². The van der Waals surface area contributed by atoms with Crippen LogP contribution in [0.3, 0.4) is 0 Å². The highest BCUT2D eigenvalue weighted by atomic mass is 16.5. The average molecular weight is 165 g/mol.